The number of pyridine rings is 1. The molecule has 1 heterocycles. The molecule has 3 nitrogen and oxygen atoms in total. The highest BCUT2D eigenvalue weighted by Gasteiger charge is 2.14. The second-order valence-corrected chi connectivity index (χ2v) is 4.12. The molecule has 2 rings (SSSR count). The van der Waals surface area contributed by atoms with Gasteiger partial charge in [-0.15, -0.1) is 0 Å². The number of methoxy groups -OCH3 is 1. The summed E-state index contributed by atoms with van der Waals surface area (Å²) in [6.45, 7) is 0. The van der Waals surface area contributed by atoms with Crippen LogP contribution in [0, 0.1) is 11.6 Å². The van der Waals surface area contributed by atoms with Crippen LogP contribution in [-0.2, 0) is 6.42 Å². The van der Waals surface area contributed by atoms with Crippen molar-refractivity contribution in [2.75, 3.05) is 7.11 Å². The molecule has 0 aliphatic carbocycles. The third kappa shape index (κ3) is 3.26. The first-order valence-corrected chi connectivity index (χ1v) is 5.71. The molecule has 1 aromatic heterocycles. The van der Waals surface area contributed by atoms with Crippen molar-refractivity contribution < 1.29 is 18.6 Å². The number of halogens is 2. The quantitative estimate of drug-likeness (QED) is 0.924. The van der Waals surface area contributed by atoms with Crippen LogP contribution < -0.4 is 4.74 Å². The normalized spacial score (nSPS) is 12.2. The predicted octanol–water partition coefficient (Wildman–Crippen LogP) is 2.64. The Balaban J connectivity index is 2.22. The topological polar surface area (TPSA) is 42.4 Å². The number of aliphatic hydroxyl groups excluding tert-OH is 1. The molecule has 0 aliphatic heterocycles. The van der Waals surface area contributed by atoms with Gasteiger partial charge in [0.05, 0.1) is 19.4 Å². The lowest BCUT2D eigenvalue weighted by atomic mass is 10.0. The summed E-state index contributed by atoms with van der Waals surface area (Å²) >= 11 is 0. The van der Waals surface area contributed by atoms with E-state index in [1.807, 2.05) is 0 Å². The van der Waals surface area contributed by atoms with Gasteiger partial charge in [-0.3, -0.25) is 4.98 Å². The van der Waals surface area contributed by atoms with Crippen molar-refractivity contribution >= 4 is 0 Å². The molecule has 100 valence electrons. The minimum Gasteiger partial charge on any atom is -0.495 e. The SMILES string of the molecule is COc1cnccc1C(O)Cc1cc(F)cc(F)c1. The largest absolute Gasteiger partial charge is 0.495 e. The third-order valence-electron chi connectivity index (χ3n) is 2.75. The van der Waals surface area contributed by atoms with E-state index in [1.54, 1.807) is 6.07 Å². The highest BCUT2D eigenvalue weighted by molar-refractivity contribution is 5.33. The smallest absolute Gasteiger partial charge is 0.142 e. The van der Waals surface area contributed by atoms with E-state index in [0.29, 0.717) is 16.9 Å². The summed E-state index contributed by atoms with van der Waals surface area (Å²) in [5.41, 5.74) is 0.908. The maximum Gasteiger partial charge on any atom is 0.142 e. The molecular weight excluding hydrogens is 252 g/mol. The van der Waals surface area contributed by atoms with E-state index in [-0.39, 0.29) is 6.42 Å². The fourth-order valence-electron chi connectivity index (χ4n) is 1.90. The number of aromatic nitrogens is 1. The zero-order valence-electron chi connectivity index (χ0n) is 10.3. The molecule has 0 aliphatic rings. The summed E-state index contributed by atoms with van der Waals surface area (Å²) < 4.78 is 31.2. The summed E-state index contributed by atoms with van der Waals surface area (Å²) in [6, 6.07) is 4.79. The van der Waals surface area contributed by atoms with Crippen LogP contribution in [0.15, 0.2) is 36.7 Å². The lowest BCUT2D eigenvalue weighted by Gasteiger charge is -2.14. The number of hydrogen-bond acceptors (Lipinski definition) is 3. The molecule has 0 fully saturated rings. The van der Waals surface area contributed by atoms with Crippen LogP contribution in [0.3, 0.4) is 0 Å². The van der Waals surface area contributed by atoms with Crippen LogP contribution in [0.25, 0.3) is 0 Å². The second-order valence-electron chi connectivity index (χ2n) is 4.12. The van der Waals surface area contributed by atoms with E-state index in [2.05, 4.69) is 4.98 Å². The zero-order chi connectivity index (χ0) is 13.8. The maximum atomic E-state index is 13.1. The van der Waals surface area contributed by atoms with Gasteiger partial charge < -0.3 is 9.84 Å². The van der Waals surface area contributed by atoms with Crippen molar-refractivity contribution in [1.82, 2.24) is 4.98 Å². The van der Waals surface area contributed by atoms with Gasteiger partial charge in [0.25, 0.3) is 0 Å². The van der Waals surface area contributed by atoms with E-state index >= 15 is 0 Å². The Hall–Kier alpha value is -2.01. The first-order chi connectivity index (χ1) is 9.10. The van der Waals surface area contributed by atoms with E-state index in [1.165, 1.54) is 31.6 Å². The van der Waals surface area contributed by atoms with E-state index in [0.717, 1.165) is 6.07 Å². The van der Waals surface area contributed by atoms with E-state index < -0.39 is 17.7 Å². The number of hydrogen-bond donors (Lipinski definition) is 1. The summed E-state index contributed by atoms with van der Waals surface area (Å²) in [4.78, 5) is 3.88. The Kier molecular flexibility index (Phi) is 4.06. The van der Waals surface area contributed by atoms with Crippen molar-refractivity contribution in [3.63, 3.8) is 0 Å². The molecule has 0 amide bonds. The molecule has 19 heavy (non-hydrogen) atoms. The number of rotatable bonds is 4. The average Bonchev–Trinajstić information content (AvgIpc) is 2.37. The van der Waals surface area contributed by atoms with Crippen molar-refractivity contribution in [2.45, 2.75) is 12.5 Å². The first kappa shape index (κ1) is 13.4. The molecule has 1 aromatic carbocycles. The molecule has 1 atom stereocenters. The Morgan fingerprint density at radius 2 is 1.95 bits per heavy atom. The third-order valence-corrected chi connectivity index (χ3v) is 2.75. The van der Waals surface area contributed by atoms with E-state index in [9.17, 15) is 13.9 Å². The molecule has 0 saturated heterocycles. The molecule has 0 spiro atoms. The lowest BCUT2D eigenvalue weighted by Crippen LogP contribution is -2.05. The van der Waals surface area contributed by atoms with Gasteiger partial charge in [0.2, 0.25) is 0 Å². The minimum absolute atomic E-state index is 0.0923. The first-order valence-electron chi connectivity index (χ1n) is 5.71. The van der Waals surface area contributed by atoms with Crippen LogP contribution in [0.5, 0.6) is 5.75 Å². The van der Waals surface area contributed by atoms with Gasteiger partial charge in [0.15, 0.2) is 0 Å². The van der Waals surface area contributed by atoms with Gasteiger partial charge in [0, 0.05) is 24.2 Å². The van der Waals surface area contributed by atoms with E-state index in [4.69, 9.17) is 4.74 Å². The molecule has 5 heteroatoms. The summed E-state index contributed by atoms with van der Waals surface area (Å²) in [6.07, 6.45) is 2.17. The second kappa shape index (κ2) is 5.75. The van der Waals surface area contributed by atoms with Gasteiger partial charge in [0.1, 0.15) is 17.4 Å². The lowest BCUT2D eigenvalue weighted by molar-refractivity contribution is 0.173. The van der Waals surface area contributed by atoms with Gasteiger partial charge in [-0.2, -0.15) is 0 Å². The number of nitrogens with zero attached hydrogens (tertiary/aromatic N) is 1. The molecule has 1 N–H and O–H groups in total. The zero-order valence-corrected chi connectivity index (χ0v) is 10.3. The van der Waals surface area contributed by atoms with Gasteiger partial charge >= 0.3 is 0 Å². The van der Waals surface area contributed by atoms with Crippen LogP contribution >= 0.6 is 0 Å². The number of benzene rings is 1. The molecule has 0 radical (unpaired) electrons. The van der Waals surface area contributed by atoms with Gasteiger partial charge in [-0.1, -0.05) is 0 Å². The standard InChI is InChI=1S/C14H13F2NO2/c1-19-14-8-17-3-2-12(14)13(18)6-9-4-10(15)7-11(16)5-9/h2-5,7-8,13,18H,6H2,1H3. The Labute approximate surface area is 109 Å². The highest BCUT2D eigenvalue weighted by atomic mass is 19.1. The Morgan fingerprint density at radius 1 is 1.26 bits per heavy atom. The monoisotopic (exact) mass is 265 g/mol. The number of aliphatic hydroxyl groups is 1. The molecule has 1 unspecified atom stereocenters. The van der Waals surface area contributed by atoms with Crippen molar-refractivity contribution in [3.8, 4) is 5.75 Å². The fourth-order valence-corrected chi connectivity index (χ4v) is 1.90. The number of ether oxygens (including phenoxy) is 1. The van der Waals surface area contributed by atoms with Crippen molar-refractivity contribution in [1.29, 1.82) is 0 Å². The Morgan fingerprint density at radius 3 is 2.58 bits per heavy atom. The predicted molar refractivity (Wildman–Crippen MR) is 65.8 cm³/mol. The van der Waals surface area contributed by atoms with Gasteiger partial charge in [-0.05, 0) is 23.8 Å². The average molecular weight is 265 g/mol. The van der Waals surface area contributed by atoms with Crippen LogP contribution in [0.2, 0.25) is 0 Å². The maximum absolute atomic E-state index is 13.1. The highest BCUT2D eigenvalue weighted by Crippen LogP contribution is 2.26. The van der Waals surface area contributed by atoms with Crippen LogP contribution in [0.1, 0.15) is 17.2 Å². The van der Waals surface area contributed by atoms with Crippen LogP contribution in [0.4, 0.5) is 8.78 Å². The molecule has 0 bridgehead atoms. The van der Waals surface area contributed by atoms with Crippen molar-refractivity contribution in [2.24, 2.45) is 0 Å². The Bertz CT molecular complexity index is 555. The summed E-state index contributed by atoms with van der Waals surface area (Å²) in [5.74, 6) is -0.889. The molecular formula is C14H13F2NO2. The van der Waals surface area contributed by atoms with Crippen LogP contribution in [-0.4, -0.2) is 17.2 Å². The molecule has 0 saturated carbocycles. The van der Waals surface area contributed by atoms with Crippen molar-refractivity contribution in [3.05, 3.63) is 59.4 Å². The summed E-state index contributed by atoms with van der Waals surface area (Å²) in [5, 5.41) is 10.1. The fraction of sp³-hybridized carbons (Fsp3) is 0.214. The van der Waals surface area contributed by atoms with Gasteiger partial charge in [-0.25, -0.2) is 8.78 Å². The summed E-state index contributed by atoms with van der Waals surface area (Å²) in [7, 11) is 1.47. The minimum atomic E-state index is -0.917. The molecule has 2 aromatic rings.